The van der Waals surface area contributed by atoms with E-state index in [0.717, 1.165) is 27.4 Å². The first-order valence-electron chi connectivity index (χ1n) is 9.89. The summed E-state index contributed by atoms with van der Waals surface area (Å²) >= 11 is 0. The van der Waals surface area contributed by atoms with Crippen LogP contribution in [0.25, 0.3) is 11.0 Å². The molecule has 0 saturated carbocycles. The van der Waals surface area contributed by atoms with Gasteiger partial charge in [-0.25, -0.2) is 12.8 Å². The van der Waals surface area contributed by atoms with Crippen molar-refractivity contribution in [3.63, 3.8) is 0 Å². The molecule has 1 atom stereocenters. The van der Waals surface area contributed by atoms with Crippen molar-refractivity contribution in [3.05, 3.63) is 102 Å². The third-order valence-electron chi connectivity index (χ3n) is 5.06. The largest absolute Gasteiger partial charge is 0.459 e. The summed E-state index contributed by atoms with van der Waals surface area (Å²) in [6.07, 6.45) is 0. The molecule has 0 aliphatic heterocycles. The number of halogens is 1. The Morgan fingerprint density at radius 2 is 1.66 bits per heavy atom. The molecule has 1 unspecified atom stereocenters. The standard InChI is InChI=1S/C24H21FN2O4S/c1-27(32(29,30)20-13-11-19(25)12-14-20)16-23(28)26-24(17-7-3-2-4-8-17)22-15-18-9-5-6-10-21(18)31-22/h2-15,24H,16H2,1H3,(H,26,28). The van der Waals surface area contributed by atoms with E-state index in [1.165, 1.54) is 19.2 Å². The Hall–Kier alpha value is -3.49. The number of sulfonamides is 1. The van der Waals surface area contributed by atoms with Crippen LogP contribution in [0.4, 0.5) is 4.39 Å². The first-order chi connectivity index (χ1) is 15.3. The van der Waals surface area contributed by atoms with Gasteiger partial charge in [-0.05, 0) is 42.0 Å². The van der Waals surface area contributed by atoms with Gasteiger partial charge in [0.1, 0.15) is 23.2 Å². The van der Waals surface area contributed by atoms with Crippen LogP contribution in [-0.2, 0) is 14.8 Å². The average Bonchev–Trinajstić information content (AvgIpc) is 3.22. The van der Waals surface area contributed by atoms with Gasteiger partial charge in [-0.3, -0.25) is 4.79 Å². The maximum absolute atomic E-state index is 13.1. The number of carbonyl (C=O) groups excluding carboxylic acids is 1. The number of para-hydroxylation sites is 1. The number of rotatable bonds is 7. The second-order valence-corrected chi connectivity index (χ2v) is 9.36. The van der Waals surface area contributed by atoms with Crippen molar-refractivity contribution in [1.29, 1.82) is 0 Å². The molecule has 0 radical (unpaired) electrons. The van der Waals surface area contributed by atoms with E-state index in [2.05, 4.69) is 5.32 Å². The maximum atomic E-state index is 13.1. The molecule has 4 aromatic rings. The lowest BCUT2D eigenvalue weighted by molar-refractivity contribution is -0.121. The molecule has 6 nitrogen and oxygen atoms in total. The highest BCUT2D eigenvalue weighted by Gasteiger charge is 2.26. The van der Waals surface area contributed by atoms with Gasteiger partial charge >= 0.3 is 0 Å². The molecule has 0 saturated heterocycles. The van der Waals surface area contributed by atoms with Gasteiger partial charge in [0.15, 0.2) is 0 Å². The number of fused-ring (bicyclic) bond motifs is 1. The fourth-order valence-corrected chi connectivity index (χ4v) is 4.52. The molecule has 3 aromatic carbocycles. The molecule has 0 bridgehead atoms. The Labute approximate surface area is 185 Å². The lowest BCUT2D eigenvalue weighted by Crippen LogP contribution is -2.40. The maximum Gasteiger partial charge on any atom is 0.243 e. The van der Waals surface area contributed by atoms with Gasteiger partial charge in [0.25, 0.3) is 0 Å². The molecule has 1 heterocycles. The second-order valence-electron chi connectivity index (χ2n) is 7.31. The molecule has 4 rings (SSSR count). The molecular weight excluding hydrogens is 431 g/mol. The summed E-state index contributed by atoms with van der Waals surface area (Å²) in [7, 11) is -2.65. The molecule has 0 fully saturated rings. The van der Waals surface area contributed by atoms with Gasteiger partial charge in [0.2, 0.25) is 15.9 Å². The minimum atomic E-state index is -3.95. The summed E-state index contributed by atoms with van der Waals surface area (Å²) in [4.78, 5) is 12.7. The number of benzene rings is 3. The van der Waals surface area contributed by atoms with Crippen molar-refractivity contribution >= 4 is 26.9 Å². The fraction of sp³-hybridized carbons (Fsp3) is 0.125. The van der Waals surface area contributed by atoms with Gasteiger partial charge in [-0.15, -0.1) is 0 Å². The molecule has 1 amide bonds. The number of likely N-dealkylation sites (N-methyl/N-ethyl adjacent to an activating group) is 1. The summed E-state index contributed by atoms with van der Waals surface area (Å²) in [6, 6.07) is 22.5. The van der Waals surface area contributed by atoms with Crippen LogP contribution in [-0.4, -0.2) is 32.2 Å². The number of hydrogen-bond donors (Lipinski definition) is 1. The van der Waals surface area contributed by atoms with Crippen molar-refractivity contribution in [2.45, 2.75) is 10.9 Å². The molecule has 1 aromatic heterocycles. The van der Waals surface area contributed by atoms with E-state index in [1.807, 2.05) is 60.7 Å². The summed E-state index contributed by atoms with van der Waals surface area (Å²) in [5.74, 6) is -0.511. The smallest absolute Gasteiger partial charge is 0.243 e. The summed E-state index contributed by atoms with van der Waals surface area (Å²) < 4.78 is 45.5. The van der Waals surface area contributed by atoms with E-state index in [1.54, 1.807) is 0 Å². The van der Waals surface area contributed by atoms with E-state index in [-0.39, 0.29) is 4.90 Å². The third kappa shape index (κ3) is 4.56. The van der Waals surface area contributed by atoms with Crippen LogP contribution in [0.3, 0.4) is 0 Å². The summed E-state index contributed by atoms with van der Waals surface area (Å²) in [5, 5.41) is 3.77. The van der Waals surface area contributed by atoms with Crippen LogP contribution in [0.15, 0.2) is 94.2 Å². The van der Waals surface area contributed by atoms with Gasteiger partial charge in [0.05, 0.1) is 11.4 Å². The number of furan rings is 1. The van der Waals surface area contributed by atoms with E-state index < -0.39 is 34.3 Å². The Morgan fingerprint density at radius 1 is 1.00 bits per heavy atom. The van der Waals surface area contributed by atoms with Crippen LogP contribution in [0.1, 0.15) is 17.4 Å². The molecule has 1 N–H and O–H groups in total. The average molecular weight is 453 g/mol. The predicted molar refractivity (Wildman–Crippen MR) is 119 cm³/mol. The lowest BCUT2D eigenvalue weighted by Gasteiger charge is -2.20. The number of nitrogens with zero attached hydrogens (tertiary/aromatic N) is 1. The number of carbonyl (C=O) groups is 1. The Bertz CT molecular complexity index is 1300. The van der Waals surface area contributed by atoms with E-state index in [4.69, 9.17) is 4.42 Å². The van der Waals surface area contributed by atoms with Crippen LogP contribution in [0.5, 0.6) is 0 Å². The molecular formula is C24H21FN2O4S. The third-order valence-corrected chi connectivity index (χ3v) is 6.87. The number of hydrogen-bond acceptors (Lipinski definition) is 4. The molecule has 0 spiro atoms. The molecule has 0 aliphatic rings. The van der Waals surface area contributed by atoms with Crippen LogP contribution in [0, 0.1) is 5.82 Å². The van der Waals surface area contributed by atoms with Crippen molar-refractivity contribution in [2.75, 3.05) is 13.6 Å². The Kier molecular flexibility index (Phi) is 6.07. The monoisotopic (exact) mass is 452 g/mol. The first kappa shape index (κ1) is 21.7. The lowest BCUT2D eigenvalue weighted by atomic mass is 10.0. The number of amides is 1. The van der Waals surface area contributed by atoms with E-state index in [0.29, 0.717) is 11.3 Å². The minimum Gasteiger partial charge on any atom is -0.459 e. The van der Waals surface area contributed by atoms with Crippen LogP contribution >= 0.6 is 0 Å². The van der Waals surface area contributed by atoms with Gasteiger partial charge in [-0.1, -0.05) is 48.5 Å². The second kappa shape index (κ2) is 8.94. The highest BCUT2D eigenvalue weighted by atomic mass is 32.2. The van der Waals surface area contributed by atoms with Crippen LogP contribution in [0.2, 0.25) is 0 Å². The van der Waals surface area contributed by atoms with Gasteiger partial charge < -0.3 is 9.73 Å². The first-order valence-corrected chi connectivity index (χ1v) is 11.3. The quantitative estimate of drug-likeness (QED) is 0.458. The zero-order valence-electron chi connectivity index (χ0n) is 17.2. The molecule has 8 heteroatoms. The highest BCUT2D eigenvalue weighted by molar-refractivity contribution is 7.89. The number of nitrogens with one attached hydrogen (secondary N) is 1. The molecule has 164 valence electrons. The highest BCUT2D eigenvalue weighted by Crippen LogP contribution is 2.28. The van der Waals surface area contributed by atoms with Crippen molar-refractivity contribution in [1.82, 2.24) is 9.62 Å². The van der Waals surface area contributed by atoms with E-state index >= 15 is 0 Å². The van der Waals surface area contributed by atoms with Crippen molar-refractivity contribution < 1.29 is 22.0 Å². The Morgan fingerprint density at radius 3 is 2.34 bits per heavy atom. The molecule has 32 heavy (non-hydrogen) atoms. The summed E-state index contributed by atoms with van der Waals surface area (Å²) in [5.41, 5.74) is 1.48. The van der Waals surface area contributed by atoms with Gasteiger partial charge in [0, 0.05) is 12.4 Å². The summed E-state index contributed by atoms with van der Waals surface area (Å²) in [6.45, 7) is -0.413. The molecule has 0 aliphatic carbocycles. The zero-order valence-corrected chi connectivity index (χ0v) is 18.1. The van der Waals surface area contributed by atoms with Crippen LogP contribution < -0.4 is 5.32 Å². The van der Waals surface area contributed by atoms with Gasteiger partial charge in [-0.2, -0.15) is 4.31 Å². The van der Waals surface area contributed by atoms with Crippen molar-refractivity contribution in [3.8, 4) is 0 Å². The Balaban J connectivity index is 1.57. The topological polar surface area (TPSA) is 79.6 Å². The SMILES string of the molecule is CN(CC(=O)NC(c1ccccc1)c1cc2ccccc2o1)S(=O)(=O)c1ccc(F)cc1. The van der Waals surface area contributed by atoms with Crippen molar-refractivity contribution in [2.24, 2.45) is 0 Å². The zero-order chi connectivity index (χ0) is 22.7. The normalized spacial score (nSPS) is 12.7. The fourth-order valence-electron chi connectivity index (χ4n) is 3.39. The minimum absolute atomic E-state index is 0.0916. The van der Waals surface area contributed by atoms with E-state index in [9.17, 15) is 17.6 Å². The predicted octanol–water partition coefficient (Wildman–Crippen LogP) is 4.10.